The number of pyridine rings is 1. The van der Waals surface area contributed by atoms with E-state index in [1.807, 2.05) is 16.9 Å². The molecule has 0 unspecified atom stereocenters. The highest BCUT2D eigenvalue weighted by atomic mass is 19.4. The summed E-state index contributed by atoms with van der Waals surface area (Å²) in [5.41, 5.74) is -0.217. The van der Waals surface area contributed by atoms with E-state index in [0.717, 1.165) is 31.5 Å². The summed E-state index contributed by atoms with van der Waals surface area (Å²) >= 11 is 0. The number of hydrogen-bond acceptors (Lipinski definition) is 6. The number of ether oxygens (including phenoxy) is 1. The van der Waals surface area contributed by atoms with E-state index in [2.05, 4.69) is 15.1 Å². The van der Waals surface area contributed by atoms with Crippen LogP contribution in [0.5, 0.6) is 0 Å². The zero-order valence-corrected chi connectivity index (χ0v) is 20.7. The molecule has 2 atom stereocenters. The van der Waals surface area contributed by atoms with Gasteiger partial charge in [-0.3, -0.25) is 19.0 Å². The largest absolute Gasteiger partial charge is 0.449 e. The highest BCUT2D eigenvalue weighted by Crippen LogP contribution is 2.41. The number of alkyl halides is 3. The molecule has 0 amide bonds. The van der Waals surface area contributed by atoms with Crippen molar-refractivity contribution < 1.29 is 22.3 Å². The van der Waals surface area contributed by atoms with E-state index in [4.69, 9.17) is 10.00 Å². The second kappa shape index (κ2) is 9.27. The Kier molecular flexibility index (Phi) is 5.99. The van der Waals surface area contributed by atoms with Crippen molar-refractivity contribution in [3.05, 3.63) is 75.5 Å². The second-order valence-corrected chi connectivity index (χ2v) is 9.96. The van der Waals surface area contributed by atoms with Crippen LogP contribution in [0.1, 0.15) is 66.4 Å². The summed E-state index contributed by atoms with van der Waals surface area (Å²) in [5.74, 6) is -2.48. The summed E-state index contributed by atoms with van der Waals surface area (Å²) < 4.78 is 64.7. The van der Waals surface area contributed by atoms with Crippen molar-refractivity contribution in [2.75, 3.05) is 6.61 Å². The van der Waals surface area contributed by atoms with Crippen LogP contribution in [0.4, 0.5) is 17.6 Å². The fourth-order valence-electron chi connectivity index (χ4n) is 5.07. The monoisotopic (exact) mass is 538 g/mol. The van der Waals surface area contributed by atoms with E-state index in [1.54, 1.807) is 6.20 Å². The second-order valence-electron chi connectivity index (χ2n) is 9.96. The minimum absolute atomic E-state index is 0.0376. The molecule has 0 bridgehead atoms. The van der Waals surface area contributed by atoms with Crippen LogP contribution in [0.25, 0.3) is 22.2 Å². The van der Waals surface area contributed by atoms with Gasteiger partial charge in [0.2, 0.25) is 5.82 Å². The number of nitrogens with zero attached hydrogens (tertiary/aromatic N) is 6. The molecule has 2 aliphatic rings. The number of rotatable bonds is 4. The van der Waals surface area contributed by atoms with Gasteiger partial charge in [0.05, 0.1) is 41.1 Å². The summed E-state index contributed by atoms with van der Waals surface area (Å²) in [6.07, 6.45) is 1.77. The first kappa shape index (κ1) is 25.2. The van der Waals surface area contributed by atoms with Gasteiger partial charge in [-0.25, -0.2) is 9.37 Å². The van der Waals surface area contributed by atoms with Gasteiger partial charge in [0.1, 0.15) is 11.3 Å². The molecule has 8 nitrogen and oxygen atoms in total. The molecule has 1 saturated carbocycles. The van der Waals surface area contributed by atoms with Crippen molar-refractivity contribution in [2.24, 2.45) is 7.05 Å². The van der Waals surface area contributed by atoms with Gasteiger partial charge in [-0.1, -0.05) is 0 Å². The highest BCUT2D eigenvalue weighted by Gasteiger charge is 2.37. The van der Waals surface area contributed by atoms with Crippen LogP contribution in [0.3, 0.4) is 0 Å². The molecule has 0 spiro atoms. The predicted molar refractivity (Wildman–Crippen MR) is 131 cm³/mol. The first-order chi connectivity index (χ1) is 18.6. The molecule has 1 saturated heterocycles. The Bertz CT molecular complexity index is 1700. The lowest BCUT2D eigenvalue weighted by Gasteiger charge is -2.29. The lowest BCUT2D eigenvalue weighted by molar-refractivity contribution is -0.147. The van der Waals surface area contributed by atoms with Gasteiger partial charge >= 0.3 is 6.18 Å². The SMILES string of the molecule is Cn1c(C(F)(F)F)nc2c(-c3ccc(C#N)cc3F)nc([C@@H]3CCO[C@H](c4cnn(C5CC5)c4)C3)cc2c1=O. The topological polar surface area (TPSA) is 98.6 Å². The van der Waals surface area contributed by atoms with Gasteiger partial charge in [-0.15, -0.1) is 0 Å². The molecule has 0 N–H and O–H groups in total. The van der Waals surface area contributed by atoms with Crippen LogP contribution in [0.2, 0.25) is 0 Å². The minimum atomic E-state index is -4.92. The van der Waals surface area contributed by atoms with Crippen molar-refractivity contribution in [2.45, 2.75) is 49.9 Å². The van der Waals surface area contributed by atoms with Crippen LogP contribution >= 0.6 is 0 Å². The molecule has 4 aromatic rings. The third-order valence-electron chi connectivity index (χ3n) is 7.31. The standard InChI is InChI=1S/C27H22F4N6O2/c1-36-25(38)19-10-21(15-6-7-39-22(9-15)16-12-33-37(13-16)17-3-4-17)34-23(24(19)35-26(36)27(29,30)31)18-5-2-14(11-32)8-20(18)28/h2,5,8,10,12-13,15,17,22H,3-4,6-7,9H2,1H3/t15-,22+/m1/s1. The third-order valence-corrected chi connectivity index (χ3v) is 7.31. The van der Waals surface area contributed by atoms with Crippen LogP contribution in [-0.4, -0.2) is 30.9 Å². The molecule has 3 aromatic heterocycles. The average molecular weight is 539 g/mol. The Morgan fingerprint density at radius 1 is 1.15 bits per heavy atom. The van der Waals surface area contributed by atoms with Crippen molar-refractivity contribution in [3.8, 4) is 17.3 Å². The van der Waals surface area contributed by atoms with Crippen LogP contribution in [0, 0.1) is 17.1 Å². The summed E-state index contributed by atoms with van der Waals surface area (Å²) in [6, 6.07) is 7.28. The number of nitriles is 1. The van der Waals surface area contributed by atoms with E-state index in [0.29, 0.717) is 35.8 Å². The van der Waals surface area contributed by atoms with Crippen LogP contribution < -0.4 is 5.56 Å². The van der Waals surface area contributed by atoms with Gasteiger partial charge < -0.3 is 4.74 Å². The summed E-state index contributed by atoms with van der Waals surface area (Å²) in [5, 5.41) is 13.5. The highest BCUT2D eigenvalue weighted by molar-refractivity contribution is 5.91. The fraction of sp³-hybridized carbons (Fsp3) is 0.370. The Hall–Kier alpha value is -4.11. The Balaban J connectivity index is 1.49. The maximum absolute atomic E-state index is 15.1. The molecule has 200 valence electrons. The van der Waals surface area contributed by atoms with Crippen molar-refractivity contribution in [1.82, 2.24) is 24.3 Å². The average Bonchev–Trinajstić information content (AvgIpc) is 3.65. The molecule has 0 radical (unpaired) electrons. The lowest BCUT2D eigenvalue weighted by Crippen LogP contribution is -2.28. The number of aromatic nitrogens is 5. The van der Waals surface area contributed by atoms with Gasteiger partial charge in [0, 0.05) is 42.6 Å². The van der Waals surface area contributed by atoms with E-state index in [-0.39, 0.29) is 39.7 Å². The maximum atomic E-state index is 15.1. The van der Waals surface area contributed by atoms with E-state index in [9.17, 15) is 18.0 Å². The zero-order chi connectivity index (χ0) is 27.5. The molecule has 12 heteroatoms. The Labute approximate surface area is 219 Å². The Morgan fingerprint density at radius 3 is 2.64 bits per heavy atom. The number of benzene rings is 1. The number of halogens is 4. The fourth-order valence-corrected chi connectivity index (χ4v) is 5.07. The number of fused-ring (bicyclic) bond motifs is 1. The van der Waals surface area contributed by atoms with Crippen LogP contribution in [-0.2, 0) is 18.0 Å². The van der Waals surface area contributed by atoms with Crippen molar-refractivity contribution in [1.29, 1.82) is 5.26 Å². The maximum Gasteiger partial charge on any atom is 0.449 e. The van der Waals surface area contributed by atoms with Gasteiger partial charge in [-0.2, -0.15) is 23.5 Å². The van der Waals surface area contributed by atoms with Crippen molar-refractivity contribution in [3.63, 3.8) is 0 Å². The quantitative estimate of drug-likeness (QED) is 0.332. The Morgan fingerprint density at radius 2 is 1.95 bits per heavy atom. The molecule has 6 rings (SSSR count). The summed E-state index contributed by atoms with van der Waals surface area (Å²) in [6.45, 7) is 0.396. The van der Waals surface area contributed by atoms with E-state index < -0.39 is 23.4 Å². The molecule has 2 fully saturated rings. The molecule has 1 aromatic carbocycles. The molecular weight excluding hydrogens is 516 g/mol. The normalized spacial score (nSPS) is 19.8. The van der Waals surface area contributed by atoms with Gasteiger partial charge in [0.15, 0.2) is 0 Å². The van der Waals surface area contributed by atoms with Crippen LogP contribution in [0.15, 0.2) is 41.5 Å². The van der Waals surface area contributed by atoms with Crippen molar-refractivity contribution >= 4 is 10.9 Å². The summed E-state index contributed by atoms with van der Waals surface area (Å²) in [7, 11) is 1.00. The first-order valence-corrected chi connectivity index (χ1v) is 12.5. The minimum Gasteiger partial charge on any atom is -0.373 e. The zero-order valence-electron chi connectivity index (χ0n) is 20.7. The van der Waals surface area contributed by atoms with Gasteiger partial charge in [-0.05, 0) is 49.9 Å². The predicted octanol–water partition coefficient (Wildman–Crippen LogP) is 5.19. The summed E-state index contributed by atoms with van der Waals surface area (Å²) in [4.78, 5) is 21.5. The lowest BCUT2D eigenvalue weighted by atomic mass is 9.89. The van der Waals surface area contributed by atoms with Gasteiger partial charge in [0.25, 0.3) is 5.56 Å². The third kappa shape index (κ3) is 4.57. The first-order valence-electron chi connectivity index (χ1n) is 12.5. The molecule has 39 heavy (non-hydrogen) atoms. The number of hydrogen-bond donors (Lipinski definition) is 0. The smallest absolute Gasteiger partial charge is 0.373 e. The molecule has 4 heterocycles. The van der Waals surface area contributed by atoms with E-state index >= 15 is 4.39 Å². The van der Waals surface area contributed by atoms with E-state index in [1.165, 1.54) is 18.2 Å². The molecule has 1 aliphatic heterocycles. The molecule has 1 aliphatic carbocycles. The molecular formula is C27H22F4N6O2.